The van der Waals surface area contributed by atoms with Gasteiger partial charge in [-0.15, -0.1) is 5.10 Å². The van der Waals surface area contributed by atoms with Gasteiger partial charge in [-0.3, -0.25) is 0 Å². The first-order valence-electron chi connectivity index (χ1n) is 5.60. The lowest BCUT2D eigenvalue weighted by Gasteiger charge is -2.05. The summed E-state index contributed by atoms with van der Waals surface area (Å²) >= 11 is 0. The van der Waals surface area contributed by atoms with Crippen LogP contribution in [-0.2, 0) is 0 Å². The van der Waals surface area contributed by atoms with Crippen molar-refractivity contribution in [2.45, 2.75) is 0 Å². The molecule has 1 aromatic heterocycles. The Kier molecular flexibility index (Phi) is 2.42. The van der Waals surface area contributed by atoms with E-state index >= 15 is 0 Å². The van der Waals surface area contributed by atoms with E-state index in [0.29, 0.717) is 5.69 Å². The van der Waals surface area contributed by atoms with Crippen LogP contribution in [-0.4, -0.2) is 26.1 Å². The summed E-state index contributed by atoms with van der Waals surface area (Å²) in [5.74, 6) is -1.05. The van der Waals surface area contributed by atoms with Crippen LogP contribution < -0.4 is 5.73 Å². The number of hydrogen-bond acceptors (Lipinski definition) is 4. The number of para-hydroxylation sites is 1. The fraction of sp³-hybridized carbons (Fsp3) is 0. The largest absolute Gasteiger partial charge is 0.478 e. The summed E-state index contributed by atoms with van der Waals surface area (Å²) in [6.45, 7) is 0. The number of benzene rings is 2. The molecule has 0 unspecified atom stereocenters. The maximum Gasteiger partial charge on any atom is 0.337 e. The Balaban J connectivity index is 2.17. The summed E-state index contributed by atoms with van der Waals surface area (Å²) in [7, 11) is 0. The lowest BCUT2D eigenvalue weighted by atomic mass is 10.1. The van der Waals surface area contributed by atoms with Crippen LogP contribution in [0.25, 0.3) is 16.7 Å². The summed E-state index contributed by atoms with van der Waals surface area (Å²) < 4.78 is 1.62. The number of aromatic carboxylic acids is 1. The molecule has 1 heterocycles. The van der Waals surface area contributed by atoms with E-state index in [9.17, 15) is 4.79 Å². The van der Waals surface area contributed by atoms with Crippen molar-refractivity contribution in [3.63, 3.8) is 0 Å². The first-order chi connectivity index (χ1) is 9.16. The Bertz CT molecular complexity index is 779. The van der Waals surface area contributed by atoms with Crippen molar-refractivity contribution < 1.29 is 9.90 Å². The standard InChI is InChI=1S/C13H10N4O2/c14-10-7-8(5-6-9(10)13(18)19)17-12-4-2-1-3-11(12)15-16-17/h1-7H,14H2,(H,18,19). The number of anilines is 1. The maximum absolute atomic E-state index is 10.9. The van der Waals surface area contributed by atoms with Gasteiger partial charge in [-0.2, -0.15) is 0 Å². The van der Waals surface area contributed by atoms with Crippen molar-refractivity contribution in [2.24, 2.45) is 0 Å². The number of carbonyl (C=O) groups is 1. The Morgan fingerprint density at radius 2 is 2.00 bits per heavy atom. The van der Waals surface area contributed by atoms with Crippen molar-refractivity contribution in [1.29, 1.82) is 0 Å². The predicted molar refractivity (Wildman–Crippen MR) is 70.2 cm³/mol. The molecule has 0 amide bonds. The van der Waals surface area contributed by atoms with Gasteiger partial charge in [0.1, 0.15) is 5.52 Å². The highest BCUT2D eigenvalue weighted by molar-refractivity contribution is 5.94. The molecule has 0 spiro atoms. The van der Waals surface area contributed by atoms with Gasteiger partial charge in [-0.1, -0.05) is 17.3 Å². The number of aromatic nitrogens is 3. The summed E-state index contributed by atoms with van der Waals surface area (Å²) in [6.07, 6.45) is 0. The van der Waals surface area contributed by atoms with Crippen LogP contribution >= 0.6 is 0 Å². The minimum atomic E-state index is -1.05. The second kappa shape index (κ2) is 4.09. The quantitative estimate of drug-likeness (QED) is 0.679. The van der Waals surface area contributed by atoms with E-state index in [-0.39, 0.29) is 11.3 Å². The Hall–Kier alpha value is -2.89. The number of carboxylic acid groups (broad SMARTS) is 1. The molecule has 0 saturated heterocycles. The molecule has 3 rings (SSSR count). The zero-order chi connectivity index (χ0) is 13.4. The summed E-state index contributed by atoms with van der Waals surface area (Å²) in [4.78, 5) is 10.9. The Morgan fingerprint density at radius 1 is 1.21 bits per heavy atom. The molecule has 3 aromatic rings. The second-order valence-electron chi connectivity index (χ2n) is 4.07. The van der Waals surface area contributed by atoms with Crippen LogP contribution in [0.3, 0.4) is 0 Å². The monoisotopic (exact) mass is 254 g/mol. The number of hydrogen-bond donors (Lipinski definition) is 2. The van der Waals surface area contributed by atoms with Crippen LogP contribution in [0.15, 0.2) is 42.5 Å². The van der Waals surface area contributed by atoms with Crippen molar-refractivity contribution in [3.8, 4) is 5.69 Å². The summed E-state index contributed by atoms with van der Waals surface area (Å²) in [5.41, 5.74) is 8.29. The average Bonchev–Trinajstić information content (AvgIpc) is 2.82. The third kappa shape index (κ3) is 1.79. The van der Waals surface area contributed by atoms with Crippen molar-refractivity contribution in [3.05, 3.63) is 48.0 Å². The highest BCUT2D eigenvalue weighted by Gasteiger charge is 2.11. The highest BCUT2D eigenvalue weighted by atomic mass is 16.4. The number of fused-ring (bicyclic) bond motifs is 1. The van der Waals surface area contributed by atoms with Gasteiger partial charge < -0.3 is 10.8 Å². The number of nitrogens with two attached hydrogens (primary N) is 1. The van der Waals surface area contributed by atoms with Crippen molar-refractivity contribution >= 4 is 22.7 Å². The number of nitrogen functional groups attached to an aromatic ring is 1. The minimum absolute atomic E-state index is 0.0770. The van der Waals surface area contributed by atoms with E-state index in [1.165, 1.54) is 6.07 Å². The zero-order valence-electron chi connectivity index (χ0n) is 9.82. The van der Waals surface area contributed by atoms with Gasteiger partial charge in [0.15, 0.2) is 0 Å². The highest BCUT2D eigenvalue weighted by Crippen LogP contribution is 2.20. The molecule has 6 heteroatoms. The molecule has 6 nitrogen and oxygen atoms in total. The van der Waals surface area contributed by atoms with Crippen molar-refractivity contribution in [1.82, 2.24) is 15.0 Å². The molecule has 0 fully saturated rings. The smallest absolute Gasteiger partial charge is 0.337 e. The SMILES string of the molecule is Nc1cc(-n2nnc3ccccc32)ccc1C(=O)O. The normalized spacial score (nSPS) is 10.7. The van der Waals surface area contributed by atoms with Crippen LogP contribution in [0.4, 0.5) is 5.69 Å². The lowest BCUT2D eigenvalue weighted by molar-refractivity contribution is 0.0698. The van der Waals surface area contributed by atoms with Crippen LogP contribution in [0.1, 0.15) is 10.4 Å². The fourth-order valence-electron chi connectivity index (χ4n) is 1.94. The van der Waals surface area contributed by atoms with Gasteiger partial charge in [0, 0.05) is 5.69 Å². The third-order valence-electron chi connectivity index (χ3n) is 2.86. The molecule has 2 aromatic carbocycles. The molecule has 0 aliphatic heterocycles. The second-order valence-corrected chi connectivity index (χ2v) is 4.07. The average molecular weight is 254 g/mol. The van der Waals surface area contributed by atoms with Gasteiger partial charge in [-0.05, 0) is 30.3 Å². The number of nitrogens with zero attached hydrogens (tertiary/aromatic N) is 3. The zero-order valence-corrected chi connectivity index (χ0v) is 9.82. The first-order valence-corrected chi connectivity index (χ1v) is 5.60. The predicted octanol–water partition coefficient (Wildman–Crippen LogP) is 1.70. The number of rotatable bonds is 2. The van der Waals surface area contributed by atoms with E-state index in [1.54, 1.807) is 16.8 Å². The van der Waals surface area contributed by atoms with Crippen LogP contribution in [0.2, 0.25) is 0 Å². The third-order valence-corrected chi connectivity index (χ3v) is 2.86. The Morgan fingerprint density at radius 3 is 2.74 bits per heavy atom. The molecule has 0 radical (unpaired) electrons. The van der Waals surface area contributed by atoms with Gasteiger partial charge in [0.2, 0.25) is 0 Å². The molecule has 94 valence electrons. The molecule has 19 heavy (non-hydrogen) atoms. The minimum Gasteiger partial charge on any atom is -0.478 e. The van der Waals surface area contributed by atoms with Crippen molar-refractivity contribution in [2.75, 3.05) is 5.73 Å². The summed E-state index contributed by atoms with van der Waals surface area (Å²) in [6, 6.07) is 12.2. The van der Waals surface area contributed by atoms with E-state index in [2.05, 4.69) is 10.3 Å². The fourth-order valence-corrected chi connectivity index (χ4v) is 1.94. The van der Waals surface area contributed by atoms with E-state index in [0.717, 1.165) is 11.0 Å². The number of carboxylic acids is 1. The van der Waals surface area contributed by atoms with E-state index in [1.807, 2.05) is 24.3 Å². The first kappa shape index (κ1) is 11.2. The van der Waals surface area contributed by atoms with Gasteiger partial charge >= 0.3 is 5.97 Å². The maximum atomic E-state index is 10.9. The molecular weight excluding hydrogens is 244 g/mol. The molecule has 0 aliphatic rings. The molecule has 0 atom stereocenters. The molecule has 0 aliphatic carbocycles. The van der Waals surface area contributed by atoms with E-state index < -0.39 is 5.97 Å². The topological polar surface area (TPSA) is 94.0 Å². The van der Waals surface area contributed by atoms with Crippen LogP contribution in [0.5, 0.6) is 0 Å². The van der Waals surface area contributed by atoms with Gasteiger partial charge in [0.25, 0.3) is 0 Å². The molecular formula is C13H10N4O2. The van der Waals surface area contributed by atoms with Gasteiger partial charge in [-0.25, -0.2) is 9.48 Å². The lowest BCUT2D eigenvalue weighted by Crippen LogP contribution is -2.04. The molecule has 0 saturated carbocycles. The van der Waals surface area contributed by atoms with Crippen LogP contribution in [0, 0.1) is 0 Å². The van der Waals surface area contributed by atoms with Gasteiger partial charge in [0.05, 0.1) is 16.8 Å². The summed E-state index contributed by atoms with van der Waals surface area (Å²) in [5, 5.41) is 17.0. The molecule has 3 N–H and O–H groups in total. The van der Waals surface area contributed by atoms with E-state index in [4.69, 9.17) is 10.8 Å². The molecule has 0 bridgehead atoms. The Labute approximate surface area is 108 Å².